The van der Waals surface area contributed by atoms with E-state index in [0.29, 0.717) is 12.3 Å². The molecule has 90 valence electrons. The van der Waals surface area contributed by atoms with Gasteiger partial charge in [0.05, 0.1) is 5.75 Å². The van der Waals surface area contributed by atoms with Crippen molar-refractivity contribution in [1.82, 2.24) is 4.72 Å². The van der Waals surface area contributed by atoms with Crippen LogP contribution in [0.25, 0.3) is 0 Å². The van der Waals surface area contributed by atoms with Crippen molar-refractivity contribution in [1.29, 1.82) is 0 Å². The summed E-state index contributed by atoms with van der Waals surface area (Å²) in [6.07, 6.45) is 4.68. The summed E-state index contributed by atoms with van der Waals surface area (Å²) in [4.78, 5) is 0. The van der Waals surface area contributed by atoms with Crippen LogP contribution >= 0.6 is 0 Å². The third-order valence-electron chi connectivity index (χ3n) is 3.01. The molecule has 1 rings (SSSR count). The molecule has 0 spiro atoms. The van der Waals surface area contributed by atoms with Crippen molar-refractivity contribution in [2.75, 3.05) is 12.4 Å². The second-order valence-corrected chi connectivity index (χ2v) is 6.26. The van der Waals surface area contributed by atoms with Crippen molar-refractivity contribution in [2.45, 2.75) is 45.1 Å². The molecule has 0 aromatic heterocycles. The number of hydrogen-bond donors (Lipinski definition) is 2. The largest absolute Gasteiger partial charge is 0.396 e. The Bertz CT molecular complexity index is 276. The van der Waals surface area contributed by atoms with Gasteiger partial charge < -0.3 is 5.11 Å². The first-order valence-electron chi connectivity index (χ1n) is 5.66. The van der Waals surface area contributed by atoms with Crippen LogP contribution in [0.2, 0.25) is 0 Å². The smallest absolute Gasteiger partial charge is 0.211 e. The van der Waals surface area contributed by atoms with Gasteiger partial charge >= 0.3 is 0 Å². The van der Waals surface area contributed by atoms with Crippen molar-refractivity contribution in [3.8, 4) is 0 Å². The summed E-state index contributed by atoms with van der Waals surface area (Å²) in [5, 5.41) is 8.60. The van der Waals surface area contributed by atoms with Crippen molar-refractivity contribution in [3.05, 3.63) is 0 Å². The SMILES string of the molecule is CC1CCCCC1NS(=O)(=O)CCCO. The Kier molecular flexibility index (Phi) is 5.02. The lowest BCUT2D eigenvalue weighted by atomic mass is 9.87. The number of rotatable bonds is 5. The molecule has 2 atom stereocenters. The molecule has 0 amide bonds. The third kappa shape index (κ3) is 4.49. The van der Waals surface area contributed by atoms with E-state index in [-0.39, 0.29) is 18.4 Å². The average Bonchev–Trinajstić information content (AvgIpc) is 2.18. The van der Waals surface area contributed by atoms with Gasteiger partial charge in [-0.1, -0.05) is 19.8 Å². The molecule has 1 fully saturated rings. The normalized spacial score (nSPS) is 27.9. The van der Waals surface area contributed by atoms with E-state index < -0.39 is 10.0 Å². The Morgan fingerprint density at radius 3 is 2.60 bits per heavy atom. The number of aliphatic hydroxyl groups excluding tert-OH is 1. The highest BCUT2D eigenvalue weighted by Crippen LogP contribution is 2.24. The number of sulfonamides is 1. The molecule has 5 heteroatoms. The van der Waals surface area contributed by atoms with E-state index in [4.69, 9.17) is 5.11 Å². The molecule has 0 aliphatic heterocycles. The zero-order chi connectivity index (χ0) is 11.3. The zero-order valence-corrected chi connectivity index (χ0v) is 10.1. The summed E-state index contributed by atoms with van der Waals surface area (Å²) < 4.78 is 25.9. The molecule has 0 bridgehead atoms. The van der Waals surface area contributed by atoms with Crippen LogP contribution in [-0.4, -0.2) is 31.9 Å². The summed E-state index contributed by atoms with van der Waals surface area (Å²) in [5.41, 5.74) is 0. The highest BCUT2D eigenvalue weighted by Gasteiger charge is 2.25. The molecule has 0 saturated heterocycles. The standard InChI is InChI=1S/C10H21NO3S/c1-9-5-2-3-6-10(9)11-15(13,14)8-4-7-12/h9-12H,2-8H2,1H3. The quantitative estimate of drug-likeness (QED) is 0.743. The maximum Gasteiger partial charge on any atom is 0.211 e. The van der Waals surface area contributed by atoms with Crippen molar-refractivity contribution >= 4 is 10.0 Å². The first kappa shape index (κ1) is 12.9. The molecule has 1 aliphatic carbocycles. The van der Waals surface area contributed by atoms with E-state index in [1.54, 1.807) is 0 Å². The van der Waals surface area contributed by atoms with Crippen molar-refractivity contribution in [2.24, 2.45) is 5.92 Å². The summed E-state index contributed by atoms with van der Waals surface area (Å²) in [6, 6.07) is 0.0995. The summed E-state index contributed by atoms with van der Waals surface area (Å²) >= 11 is 0. The van der Waals surface area contributed by atoms with Crippen LogP contribution in [-0.2, 0) is 10.0 Å². The minimum Gasteiger partial charge on any atom is -0.396 e. The van der Waals surface area contributed by atoms with Crippen molar-refractivity contribution in [3.63, 3.8) is 0 Å². The molecule has 0 radical (unpaired) electrons. The van der Waals surface area contributed by atoms with Crippen LogP contribution in [0.15, 0.2) is 0 Å². The van der Waals surface area contributed by atoms with Crippen LogP contribution in [0.3, 0.4) is 0 Å². The summed E-state index contributed by atoms with van der Waals surface area (Å²) in [7, 11) is -3.19. The van der Waals surface area contributed by atoms with Gasteiger partial charge in [-0.3, -0.25) is 0 Å². The Labute approximate surface area is 92.1 Å². The predicted molar refractivity (Wildman–Crippen MR) is 60.0 cm³/mol. The maximum atomic E-state index is 11.6. The van der Waals surface area contributed by atoms with Gasteiger partial charge in [-0.05, 0) is 25.2 Å². The minimum atomic E-state index is -3.19. The van der Waals surface area contributed by atoms with Crippen LogP contribution in [0.1, 0.15) is 39.0 Å². The number of hydrogen-bond acceptors (Lipinski definition) is 3. The molecule has 1 saturated carbocycles. The van der Waals surface area contributed by atoms with Gasteiger partial charge in [0, 0.05) is 12.6 Å². The first-order chi connectivity index (χ1) is 7.05. The van der Waals surface area contributed by atoms with E-state index in [0.717, 1.165) is 19.3 Å². The molecular weight excluding hydrogens is 214 g/mol. The second-order valence-electron chi connectivity index (χ2n) is 4.38. The molecule has 15 heavy (non-hydrogen) atoms. The Morgan fingerprint density at radius 2 is 2.00 bits per heavy atom. The predicted octanol–water partition coefficient (Wildman–Crippen LogP) is 0.867. The van der Waals surface area contributed by atoms with E-state index >= 15 is 0 Å². The third-order valence-corrected chi connectivity index (χ3v) is 4.50. The molecule has 0 heterocycles. The van der Waals surface area contributed by atoms with Gasteiger partial charge in [-0.2, -0.15) is 0 Å². The molecule has 4 nitrogen and oxygen atoms in total. The van der Waals surface area contributed by atoms with Gasteiger partial charge in [0.1, 0.15) is 0 Å². The molecule has 0 aromatic carbocycles. The lowest BCUT2D eigenvalue weighted by Gasteiger charge is -2.29. The lowest BCUT2D eigenvalue weighted by Crippen LogP contribution is -2.42. The van der Waals surface area contributed by atoms with Gasteiger partial charge in [0.2, 0.25) is 10.0 Å². The zero-order valence-electron chi connectivity index (χ0n) is 9.28. The highest BCUT2D eigenvalue weighted by molar-refractivity contribution is 7.89. The number of nitrogens with one attached hydrogen (secondary N) is 1. The highest BCUT2D eigenvalue weighted by atomic mass is 32.2. The van der Waals surface area contributed by atoms with E-state index in [2.05, 4.69) is 11.6 Å². The fraction of sp³-hybridized carbons (Fsp3) is 1.00. The minimum absolute atomic E-state index is 0.0344. The average molecular weight is 235 g/mol. The van der Waals surface area contributed by atoms with Crippen molar-refractivity contribution < 1.29 is 13.5 Å². The fourth-order valence-electron chi connectivity index (χ4n) is 2.04. The summed E-state index contributed by atoms with van der Waals surface area (Å²) in [5.74, 6) is 0.467. The lowest BCUT2D eigenvalue weighted by molar-refractivity contribution is 0.293. The maximum absolute atomic E-state index is 11.6. The van der Waals surface area contributed by atoms with E-state index in [9.17, 15) is 8.42 Å². The Balaban J connectivity index is 2.44. The van der Waals surface area contributed by atoms with Crippen LogP contribution < -0.4 is 4.72 Å². The van der Waals surface area contributed by atoms with Gasteiger partial charge in [0.15, 0.2) is 0 Å². The molecule has 1 aliphatic rings. The topological polar surface area (TPSA) is 66.4 Å². The molecule has 2 N–H and O–H groups in total. The van der Waals surface area contributed by atoms with Gasteiger partial charge in [-0.25, -0.2) is 13.1 Å². The monoisotopic (exact) mass is 235 g/mol. The Morgan fingerprint density at radius 1 is 1.33 bits per heavy atom. The van der Waals surface area contributed by atoms with E-state index in [1.807, 2.05) is 0 Å². The molecular formula is C10H21NO3S. The van der Waals surface area contributed by atoms with E-state index in [1.165, 1.54) is 6.42 Å². The van der Waals surface area contributed by atoms with Crippen LogP contribution in [0.5, 0.6) is 0 Å². The molecule has 2 unspecified atom stereocenters. The summed E-state index contributed by atoms with van der Waals surface area (Å²) in [6.45, 7) is 2.03. The number of aliphatic hydroxyl groups is 1. The van der Waals surface area contributed by atoms with Gasteiger partial charge in [0.25, 0.3) is 0 Å². The fourth-order valence-corrected chi connectivity index (χ4v) is 3.47. The molecule has 0 aromatic rings. The van der Waals surface area contributed by atoms with Gasteiger partial charge in [-0.15, -0.1) is 0 Å². The second kappa shape index (κ2) is 5.82. The van der Waals surface area contributed by atoms with Crippen LogP contribution in [0, 0.1) is 5.92 Å². The van der Waals surface area contributed by atoms with Crippen LogP contribution in [0.4, 0.5) is 0 Å². The Hall–Kier alpha value is -0.130. The first-order valence-corrected chi connectivity index (χ1v) is 7.31.